The van der Waals surface area contributed by atoms with Crippen molar-refractivity contribution in [2.75, 3.05) is 13.1 Å². The van der Waals surface area contributed by atoms with E-state index in [0.717, 1.165) is 54.6 Å². The van der Waals surface area contributed by atoms with Crippen molar-refractivity contribution >= 4 is 5.91 Å². The maximum atomic E-state index is 13.1. The zero-order chi connectivity index (χ0) is 18.9. The fourth-order valence-corrected chi connectivity index (χ4v) is 4.36. The number of hydrogen-bond donors (Lipinski definition) is 2. The number of carbonyl (C=O) groups excluding carboxylic acids is 1. The van der Waals surface area contributed by atoms with Gasteiger partial charge in [0.05, 0.1) is 0 Å². The highest BCUT2D eigenvalue weighted by atomic mass is 16.2. The Bertz CT molecular complexity index is 938. The van der Waals surface area contributed by atoms with Gasteiger partial charge in [-0.1, -0.05) is 36.4 Å². The number of nitrogens with one attached hydrogen (secondary N) is 2. The largest absolute Gasteiger partial charge is 0.331 e. The van der Waals surface area contributed by atoms with E-state index in [1.54, 1.807) is 0 Å². The number of hydrogen-bond acceptors (Lipinski definition) is 5. The van der Waals surface area contributed by atoms with Crippen LogP contribution in [0.1, 0.15) is 29.6 Å². The monoisotopic (exact) mass is 374 g/mol. The molecule has 2 aliphatic heterocycles. The molecule has 7 nitrogen and oxygen atoms in total. The lowest BCUT2D eigenvalue weighted by Gasteiger charge is -2.28. The minimum atomic E-state index is 0.162. The van der Waals surface area contributed by atoms with Gasteiger partial charge in [0.1, 0.15) is 0 Å². The molecule has 2 aromatic carbocycles. The van der Waals surface area contributed by atoms with Crippen LogP contribution in [0.4, 0.5) is 0 Å². The number of benzene rings is 2. The van der Waals surface area contributed by atoms with Crippen molar-refractivity contribution in [1.82, 2.24) is 30.8 Å². The van der Waals surface area contributed by atoms with Crippen molar-refractivity contribution in [3.63, 3.8) is 0 Å². The summed E-state index contributed by atoms with van der Waals surface area (Å²) in [5.41, 5.74) is 3.85. The number of amides is 1. The Balaban J connectivity index is 1.35. The molecule has 0 unspecified atom stereocenters. The van der Waals surface area contributed by atoms with E-state index in [4.69, 9.17) is 0 Å². The molecular formula is C21H22N6O. The number of tetrazole rings is 1. The third kappa shape index (κ3) is 3.07. The van der Waals surface area contributed by atoms with Gasteiger partial charge in [0.25, 0.3) is 5.91 Å². The standard InChI is InChI=1S/C21H22N6O/c28-21(27-18-9-10-19(27)13-22-12-11-18)17-7-3-15(4-8-17)14-1-5-16(6-2-14)20-23-25-26-24-20/h1-8,18-19,22H,9-13H2,(H,23,24,25,26)/t18-,19+/m1/s1. The summed E-state index contributed by atoms with van der Waals surface area (Å²) in [6.07, 6.45) is 3.28. The topological polar surface area (TPSA) is 86.8 Å². The van der Waals surface area contributed by atoms with Gasteiger partial charge in [-0.3, -0.25) is 4.79 Å². The van der Waals surface area contributed by atoms with Gasteiger partial charge in [-0.25, -0.2) is 0 Å². The van der Waals surface area contributed by atoms with Gasteiger partial charge in [0.2, 0.25) is 5.82 Å². The summed E-state index contributed by atoms with van der Waals surface area (Å²) in [7, 11) is 0. The highest BCUT2D eigenvalue weighted by Gasteiger charge is 2.38. The number of nitrogens with zero attached hydrogens (tertiary/aromatic N) is 4. The molecule has 2 saturated heterocycles. The third-order valence-electron chi connectivity index (χ3n) is 5.84. The zero-order valence-corrected chi connectivity index (χ0v) is 15.5. The van der Waals surface area contributed by atoms with Gasteiger partial charge in [0, 0.05) is 29.8 Å². The van der Waals surface area contributed by atoms with Crippen LogP contribution in [0.25, 0.3) is 22.5 Å². The maximum absolute atomic E-state index is 13.1. The fourth-order valence-electron chi connectivity index (χ4n) is 4.36. The number of aromatic nitrogens is 4. The lowest BCUT2D eigenvalue weighted by Crippen LogP contribution is -2.42. The number of rotatable bonds is 3. The van der Waals surface area contributed by atoms with E-state index < -0.39 is 0 Å². The Labute approximate surface area is 163 Å². The van der Waals surface area contributed by atoms with Gasteiger partial charge in [-0.15, -0.1) is 10.2 Å². The van der Waals surface area contributed by atoms with E-state index in [0.29, 0.717) is 17.9 Å². The highest BCUT2D eigenvalue weighted by Crippen LogP contribution is 2.30. The third-order valence-corrected chi connectivity index (χ3v) is 5.84. The molecule has 2 N–H and O–H groups in total. The van der Waals surface area contributed by atoms with Crippen LogP contribution in [0.15, 0.2) is 48.5 Å². The van der Waals surface area contributed by atoms with E-state index in [-0.39, 0.29) is 5.91 Å². The molecule has 7 heteroatoms. The quantitative estimate of drug-likeness (QED) is 0.736. The van der Waals surface area contributed by atoms with Crippen LogP contribution in [-0.2, 0) is 0 Å². The van der Waals surface area contributed by atoms with Gasteiger partial charge in [-0.2, -0.15) is 5.21 Å². The molecule has 2 aliphatic rings. The predicted molar refractivity (Wildman–Crippen MR) is 106 cm³/mol. The van der Waals surface area contributed by atoms with Crippen molar-refractivity contribution in [2.24, 2.45) is 0 Å². The average Bonchev–Trinajstić information content (AvgIpc) is 3.35. The van der Waals surface area contributed by atoms with Crippen LogP contribution in [0.2, 0.25) is 0 Å². The molecule has 3 aromatic rings. The first-order valence-electron chi connectivity index (χ1n) is 9.77. The molecule has 142 valence electrons. The Morgan fingerprint density at radius 1 is 0.893 bits per heavy atom. The lowest BCUT2D eigenvalue weighted by molar-refractivity contribution is 0.0680. The number of H-pyrrole nitrogens is 1. The Morgan fingerprint density at radius 3 is 2.29 bits per heavy atom. The molecule has 3 heterocycles. The molecular weight excluding hydrogens is 352 g/mol. The predicted octanol–water partition coefficient (Wildman–Crippen LogP) is 2.50. The number of aromatic amines is 1. The summed E-state index contributed by atoms with van der Waals surface area (Å²) in [4.78, 5) is 15.2. The first-order valence-corrected chi connectivity index (χ1v) is 9.77. The second kappa shape index (κ2) is 7.16. The Morgan fingerprint density at radius 2 is 1.57 bits per heavy atom. The fraction of sp³-hybridized carbons (Fsp3) is 0.333. The average molecular weight is 374 g/mol. The van der Waals surface area contributed by atoms with E-state index in [1.165, 1.54) is 0 Å². The van der Waals surface area contributed by atoms with E-state index in [1.807, 2.05) is 48.5 Å². The molecule has 2 atom stereocenters. The minimum Gasteiger partial charge on any atom is -0.331 e. The molecule has 28 heavy (non-hydrogen) atoms. The summed E-state index contributed by atoms with van der Waals surface area (Å²) >= 11 is 0. The SMILES string of the molecule is O=C(c1ccc(-c2ccc(-c3nn[nH]n3)cc2)cc1)N1[C@H]2CCNC[C@@H]1CC2. The van der Waals surface area contributed by atoms with Crippen LogP contribution in [0, 0.1) is 0 Å². The van der Waals surface area contributed by atoms with Crippen LogP contribution < -0.4 is 5.32 Å². The first kappa shape index (κ1) is 17.1. The summed E-state index contributed by atoms with van der Waals surface area (Å²) in [6, 6.07) is 16.7. The summed E-state index contributed by atoms with van der Waals surface area (Å²) in [5.74, 6) is 0.740. The maximum Gasteiger partial charge on any atom is 0.254 e. The molecule has 2 fully saturated rings. The summed E-state index contributed by atoms with van der Waals surface area (Å²) < 4.78 is 0. The van der Waals surface area contributed by atoms with Crippen molar-refractivity contribution in [1.29, 1.82) is 0 Å². The van der Waals surface area contributed by atoms with Gasteiger partial charge >= 0.3 is 0 Å². The Kier molecular flexibility index (Phi) is 4.37. The summed E-state index contributed by atoms with van der Waals surface area (Å²) in [5, 5.41) is 17.5. The molecule has 1 amide bonds. The molecule has 0 aliphatic carbocycles. The van der Waals surface area contributed by atoms with Gasteiger partial charge in [-0.05, 0) is 54.3 Å². The minimum absolute atomic E-state index is 0.162. The zero-order valence-electron chi connectivity index (χ0n) is 15.5. The smallest absolute Gasteiger partial charge is 0.254 e. The van der Waals surface area contributed by atoms with Gasteiger partial charge in [0.15, 0.2) is 0 Å². The van der Waals surface area contributed by atoms with Crippen LogP contribution in [-0.4, -0.2) is 56.6 Å². The van der Waals surface area contributed by atoms with Crippen molar-refractivity contribution in [3.8, 4) is 22.5 Å². The van der Waals surface area contributed by atoms with E-state index >= 15 is 0 Å². The van der Waals surface area contributed by atoms with E-state index in [9.17, 15) is 4.79 Å². The molecule has 0 radical (unpaired) electrons. The molecule has 5 rings (SSSR count). The van der Waals surface area contributed by atoms with Crippen LogP contribution >= 0.6 is 0 Å². The molecule has 0 saturated carbocycles. The Hall–Kier alpha value is -3.06. The second-order valence-electron chi connectivity index (χ2n) is 7.48. The lowest BCUT2D eigenvalue weighted by atomic mass is 10.0. The second-order valence-corrected chi connectivity index (χ2v) is 7.48. The van der Waals surface area contributed by atoms with Gasteiger partial charge < -0.3 is 10.2 Å². The van der Waals surface area contributed by atoms with Crippen LogP contribution in [0.5, 0.6) is 0 Å². The number of carbonyl (C=O) groups is 1. The van der Waals surface area contributed by atoms with E-state index in [2.05, 4.69) is 30.8 Å². The number of fused-ring (bicyclic) bond motifs is 2. The molecule has 1 aromatic heterocycles. The van der Waals surface area contributed by atoms with Crippen molar-refractivity contribution < 1.29 is 4.79 Å². The highest BCUT2D eigenvalue weighted by molar-refractivity contribution is 5.95. The normalized spacial score (nSPS) is 21.5. The molecule has 2 bridgehead atoms. The van der Waals surface area contributed by atoms with Crippen LogP contribution in [0.3, 0.4) is 0 Å². The molecule has 0 spiro atoms. The van der Waals surface area contributed by atoms with Crippen molar-refractivity contribution in [3.05, 3.63) is 54.1 Å². The first-order chi connectivity index (χ1) is 13.8. The van der Waals surface area contributed by atoms with Crippen molar-refractivity contribution in [2.45, 2.75) is 31.3 Å². The summed E-state index contributed by atoms with van der Waals surface area (Å²) in [6.45, 7) is 1.91.